The number of hydrogen-bond acceptors (Lipinski definition) is 1. The Morgan fingerprint density at radius 1 is 1.50 bits per heavy atom. The molecule has 14 heavy (non-hydrogen) atoms. The minimum absolute atomic E-state index is 0.0561. The highest BCUT2D eigenvalue weighted by Crippen LogP contribution is 2.27. The van der Waals surface area contributed by atoms with Gasteiger partial charge in [-0.05, 0) is 37.8 Å². The van der Waals surface area contributed by atoms with Gasteiger partial charge in [-0.2, -0.15) is 0 Å². The molecule has 0 spiro atoms. The van der Waals surface area contributed by atoms with Crippen LogP contribution in [0.5, 0.6) is 0 Å². The van der Waals surface area contributed by atoms with Gasteiger partial charge in [-0.15, -0.1) is 0 Å². The van der Waals surface area contributed by atoms with Crippen molar-refractivity contribution in [3.63, 3.8) is 0 Å². The third-order valence-corrected chi connectivity index (χ3v) is 2.53. The summed E-state index contributed by atoms with van der Waals surface area (Å²) >= 11 is 0. The van der Waals surface area contributed by atoms with Crippen LogP contribution in [0.3, 0.4) is 0 Å². The van der Waals surface area contributed by atoms with E-state index in [1.54, 1.807) is 0 Å². The monoisotopic (exact) mass is 189 g/mol. The first-order valence-electron chi connectivity index (χ1n) is 5.10. The minimum atomic E-state index is 0.0561. The van der Waals surface area contributed by atoms with Gasteiger partial charge in [-0.1, -0.05) is 17.7 Å². The number of carbonyl (C=O) groups excluding carboxylic acids is 1. The van der Waals surface area contributed by atoms with Crippen LogP contribution in [-0.4, -0.2) is 12.5 Å². The van der Waals surface area contributed by atoms with Crippen LogP contribution in [0.2, 0.25) is 0 Å². The minimum Gasteiger partial charge on any atom is -0.352 e. The van der Waals surface area contributed by atoms with Gasteiger partial charge in [0.25, 0.3) is 5.91 Å². The van der Waals surface area contributed by atoms with Crippen LogP contribution in [0.25, 0.3) is 0 Å². The zero-order valence-electron chi connectivity index (χ0n) is 8.42. The van der Waals surface area contributed by atoms with Gasteiger partial charge in [0.05, 0.1) is 0 Å². The molecule has 0 aromatic heterocycles. The van der Waals surface area contributed by atoms with E-state index in [2.05, 4.69) is 5.32 Å². The lowest BCUT2D eigenvalue weighted by Gasteiger charge is -2.04. The van der Waals surface area contributed by atoms with E-state index < -0.39 is 0 Å². The zero-order chi connectivity index (χ0) is 9.97. The number of rotatable bonds is 3. The first-order valence-corrected chi connectivity index (χ1v) is 5.10. The standard InChI is InChI=1S/C12H15NO/c1-9-3-2-4-11(7-9)12(14)13-8-10-5-6-10/h2-4,7,10H,5-6,8H2,1H3,(H,13,14). The van der Waals surface area contributed by atoms with Crippen LogP contribution < -0.4 is 5.32 Å². The molecule has 2 nitrogen and oxygen atoms in total. The SMILES string of the molecule is Cc1cccc(C(=O)NCC2CC2)c1. The predicted molar refractivity (Wildman–Crippen MR) is 56.2 cm³/mol. The summed E-state index contributed by atoms with van der Waals surface area (Å²) in [4.78, 5) is 11.6. The first kappa shape index (κ1) is 9.25. The summed E-state index contributed by atoms with van der Waals surface area (Å²) in [5, 5.41) is 2.95. The number of carbonyl (C=O) groups is 1. The second-order valence-electron chi connectivity index (χ2n) is 4.02. The number of aryl methyl sites for hydroxylation is 1. The molecule has 74 valence electrons. The molecule has 2 rings (SSSR count). The predicted octanol–water partition coefficient (Wildman–Crippen LogP) is 2.13. The second-order valence-corrected chi connectivity index (χ2v) is 4.02. The van der Waals surface area contributed by atoms with E-state index in [1.807, 2.05) is 31.2 Å². The van der Waals surface area contributed by atoms with E-state index in [0.717, 1.165) is 23.6 Å². The summed E-state index contributed by atoms with van der Waals surface area (Å²) in [6.07, 6.45) is 2.54. The third-order valence-electron chi connectivity index (χ3n) is 2.53. The third kappa shape index (κ3) is 2.34. The molecule has 0 saturated heterocycles. The molecule has 1 fully saturated rings. The molecule has 0 atom stereocenters. The zero-order valence-corrected chi connectivity index (χ0v) is 8.42. The van der Waals surface area contributed by atoms with Crippen molar-refractivity contribution in [2.75, 3.05) is 6.54 Å². The Labute approximate surface area is 84.3 Å². The van der Waals surface area contributed by atoms with E-state index in [9.17, 15) is 4.79 Å². The van der Waals surface area contributed by atoms with Crippen LogP contribution in [-0.2, 0) is 0 Å². The number of nitrogens with one attached hydrogen (secondary N) is 1. The van der Waals surface area contributed by atoms with Gasteiger partial charge in [0.15, 0.2) is 0 Å². The summed E-state index contributed by atoms with van der Waals surface area (Å²) in [5.74, 6) is 0.796. The molecule has 0 aliphatic heterocycles. The van der Waals surface area contributed by atoms with E-state index in [0.29, 0.717) is 0 Å². The topological polar surface area (TPSA) is 29.1 Å². The lowest BCUT2D eigenvalue weighted by atomic mass is 10.1. The maximum Gasteiger partial charge on any atom is 0.251 e. The van der Waals surface area contributed by atoms with Crippen molar-refractivity contribution in [2.24, 2.45) is 5.92 Å². The number of amides is 1. The van der Waals surface area contributed by atoms with Crippen LogP contribution in [0, 0.1) is 12.8 Å². The van der Waals surface area contributed by atoms with Crippen molar-refractivity contribution < 1.29 is 4.79 Å². The summed E-state index contributed by atoms with van der Waals surface area (Å²) in [5.41, 5.74) is 1.90. The summed E-state index contributed by atoms with van der Waals surface area (Å²) in [7, 11) is 0. The van der Waals surface area contributed by atoms with E-state index in [-0.39, 0.29) is 5.91 Å². The van der Waals surface area contributed by atoms with Gasteiger partial charge >= 0.3 is 0 Å². The van der Waals surface area contributed by atoms with Crippen molar-refractivity contribution >= 4 is 5.91 Å². The smallest absolute Gasteiger partial charge is 0.251 e. The van der Waals surface area contributed by atoms with Gasteiger partial charge in [0.1, 0.15) is 0 Å². The normalized spacial score (nSPS) is 15.2. The van der Waals surface area contributed by atoms with Crippen molar-refractivity contribution in [1.29, 1.82) is 0 Å². The molecule has 1 aliphatic rings. The maximum absolute atomic E-state index is 11.6. The summed E-state index contributed by atoms with van der Waals surface area (Å²) in [6.45, 7) is 2.84. The van der Waals surface area contributed by atoms with Crippen LogP contribution in [0.4, 0.5) is 0 Å². The molecule has 0 unspecified atom stereocenters. The Bertz CT molecular complexity index is 342. The van der Waals surface area contributed by atoms with Gasteiger partial charge in [0, 0.05) is 12.1 Å². The van der Waals surface area contributed by atoms with Crippen LogP contribution >= 0.6 is 0 Å². The fraction of sp³-hybridized carbons (Fsp3) is 0.417. The Morgan fingerprint density at radius 3 is 2.93 bits per heavy atom. The van der Waals surface area contributed by atoms with E-state index in [1.165, 1.54) is 12.8 Å². The maximum atomic E-state index is 11.6. The molecule has 1 aromatic carbocycles. The van der Waals surface area contributed by atoms with Crippen molar-refractivity contribution in [1.82, 2.24) is 5.32 Å². The molecular weight excluding hydrogens is 174 g/mol. The Hall–Kier alpha value is -1.31. The molecule has 1 aliphatic carbocycles. The van der Waals surface area contributed by atoms with Crippen LogP contribution in [0.15, 0.2) is 24.3 Å². The Morgan fingerprint density at radius 2 is 2.29 bits per heavy atom. The largest absolute Gasteiger partial charge is 0.352 e. The fourth-order valence-corrected chi connectivity index (χ4v) is 1.45. The molecule has 1 amide bonds. The lowest BCUT2D eigenvalue weighted by Crippen LogP contribution is -2.25. The molecule has 2 heteroatoms. The van der Waals surface area contributed by atoms with E-state index >= 15 is 0 Å². The van der Waals surface area contributed by atoms with E-state index in [4.69, 9.17) is 0 Å². The lowest BCUT2D eigenvalue weighted by molar-refractivity contribution is 0.0951. The highest BCUT2D eigenvalue weighted by molar-refractivity contribution is 5.94. The van der Waals surface area contributed by atoms with Gasteiger partial charge < -0.3 is 5.32 Å². The average molecular weight is 189 g/mol. The quantitative estimate of drug-likeness (QED) is 0.775. The molecule has 0 heterocycles. The second kappa shape index (κ2) is 3.82. The number of hydrogen-bond donors (Lipinski definition) is 1. The summed E-state index contributed by atoms with van der Waals surface area (Å²) in [6, 6.07) is 7.69. The molecule has 1 aromatic rings. The van der Waals surface area contributed by atoms with Crippen LogP contribution in [0.1, 0.15) is 28.8 Å². The van der Waals surface area contributed by atoms with Gasteiger partial charge in [0.2, 0.25) is 0 Å². The highest BCUT2D eigenvalue weighted by Gasteiger charge is 2.21. The summed E-state index contributed by atoms with van der Waals surface area (Å²) < 4.78 is 0. The molecular formula is C12H15NO. The van der Waals surface area contributed by atoms with Crippen molar-refractivity contribution in [2.45, 2.75) is 19.8 Å². The molecule has 0 bridgehead atoms. The van der Waals surface area contributed by atoms with Gasteiger partial charge in [-0.25, -0.2) is 0 Å². The molecule has 1 saturated carbocycles. The number of benzene rings is 1. The molecule has 1 N–H and O–H groups in total. The molecule has 0 radical (unpaired) electrons. The Kier molecular flexibility index (Phi) is 2.53. The Balaban J connectivity index is 1.95. The van der Waals surface area contributed by atoms with Gasteiger partial charge in [-0.3, -0.25) is 4.79 Å². The fourth-order valence-electron chi connectivity index (χ4n) is 1.45. The van der Waals surface area contributed by atoms with Crippen molar-refractivity contribution in [3.05, 3.63) is 35.4 Å². The average Bonchev–Trinajstić information content (AvgIpc) is 2.97. The highest BCUT2D eigenvalue weighted by atomic mass is 16.1. The van der Waals surface area contributed by atoms with Crippen molar-refractivity contribution in [3.8, 4) is 0 Å². The first-order chi connectivity index (χ1) is 6.75.